The molecule has 0 aromatic carbocycles. The van der Waals surface area contributed by atoms with Gasteiger partial charge in [-0.1, -0.05) is 0 Å². The molecule has 1 N–H and O–H groups in total. The second-order valence-electron chi connectivity index (χ2n) is 4.77. The molecule has 1 aromatic heterocycles. The molecule has 1 aromatic rings. The molecule has 96 valence electrons. The number of nitrogens with zero attached hydrogens (tertiary/aromatic N) is 2. The highest BCUT2D eigenvalue weighted by atomic mass is 16.5. The zero-order chi connectivity index (χ0) is 12.8. The van der Waals surface area contributed by atoms with Gasteiger partial charge in [0.15, 0.2) is 0 Å². The largest absolute Gasteiger partial charge is 0.477 e. The maximum atomic E-state index is 9.07. The van der Waals surface area contributed by atoms with E-state index < -0.39 is 0 Å². The van der Waals surface area contributed by atoms with Gasteiger partial charge in [0.05, 0.1) is 6.61 Å². The topological polar surface area (TPSA) is 57.9 Å². The predicted molar refractivity (Wildman–Crippen MR) is 69.4 cm³/mol. The maximum Gasteiger partial charge on any atom is 0.231 e. The Morgan fingerprint density at radius 2 is 2.50 bits per heavy atom. The number of rotatable bonds is 4. The van der Waals surface area contributed by atoms with Crippen LogP contribution in [0.5, 0.6) is 5.88 Å². The standard InChI is InChI=1S/C14H19N3O/c1-11-4-7-17-14(13(11)9-15)18-8-5-12-3-2-6-16-10-12/h4,7,12,16H,2-3,5-6,8,10H2,1H3. The fourth-order valence-corrected chi connectivity index (χ4v) is 2.27. The number of piperidine rings is 1. The minimum atomic E-state index is 0.473. The van der Waals surface area contributed by atoms with Crippen LogP contribution in [0.3, 0.4) is 0 Å². The van der Waals surface area contributed by atoms with Gasteiger partial charge in [0.1, 0.15) is 11.6 Å². The number of nitrogens with one attached hydrogen (secondary N) is 1. The van der Waals surface area contributed by atoms with E-state index in [4.69, 9.17) is 10.00 Å². The number of ether oxygens (including phenoxy) is 1. The summed E-state index contributed by atoms with van der Waals surface area (Å²) in [5.41, 5.74) is 1.47. The van der Waals surface area contributed by atoms with Crippen molar-refractivity contribution in [1.29, 1.82) is 5.26 Å². The van der Waals surface area contributed by atoms with E-state index in [-0.39, 0.29) is 0 Å². The van der Waals surface area contributed by atoms with Gasteiger partial charge in [-0.25, -0.2) is 4.98 Å². The molecule has 4 nitrogen and oxygen atoms in total. The molecule has 0 aliphatic carbocycles. The first-order chi connectivity index (χ1) is 8.81. The van der Waals surface area contributed by atoms with Gasteiger partial charge in [-0.3, -0.25) is 0 Å². The van der Waals surface area contributed by atoms with E-state index in [0.29, 0.717) is 24.0 Å². The smallest absolute Gasteiger partial charge is 0.231 e. The Kier molecular flexibility index (Phi) is 4.54. The van der Waals surface area contributed by atoms with E-state index in [2.05, 4.69) is 16.4 Å². The summed E-state index contributed by atoms with van der Waals surface area (Å²) < 4.78 is 5.65. The lowest BCUT2D eigenvalue weighted by molar-refractivity contribution is 0.247. The van der Waals surface area contributed by atoms with Crippen molar-refractivity contribution >= 4 is 0 Å². The first kappa shape index (κ1) is 12.8. The van der Waals surface area contributed by atoms with Crippen molar-refractivity contribution in [2.45, 2.75) is 26.2 Å². The zero-order valence-electron chi connectivity index (χ0n) is 10.8. The number of nitriles is 1. The van der Waals surface area contributed by atoms with E-state index in [9.17, 15) is 0 Å². The lowest BCUT2D eigenvalue weighted by Crippen LogP contribution is -2.30. The predicted octanol–water partition coefficient (Wildman–Crippen LogP) is 2.03. The molecule has 1 unspecified atom stereocenters. The SMILES string of the molecule is Cc1ccnc(OCCC2CCCNC2)c1C#N. The monoisotopic (exact) mass is 245 g/mol. The summed E-state index contributed by atoms with van der Waals surface area (Å²) in [4.78, 5) is 4.13. The number of pyridine rings is 1. The molecule has 1 fully saturated rings. The molecule has 1 aliphatic heterocycles. The van der Waals surface area contributed by atoms with Crippen LogP contribution in [-0.4, -0.2) is 24.7 Å². The Labute approximate surface area is 108 Å². The molecule has 1 aliphatic rings. The van der Waals surface area contributed by atoms with Gasteiger partial charge in [-0.05, 0) is 56.8 Å². The van der Waals surface area contributed by atoms with Crippen LogP contribution < -0.4 is 10.1 Å². The first-order valence-corrected chi connectivity index (χ1v) is 6.50. The van der Waals surface area contributed by atoms with Crippen LogP contribution in [0.25, 0.3) is 0 Å². The van der Waals surface area contributed by atoms with Crippen LogP contribution in [0.2, 0.25) is 0 Å². The summed E-state index contributed by atoms with van der Waals surface area (Å²) in [6.45, 7) is 4.75. The van der Waals surface area contributed by atoms with E-state index in [1.54, 1.807) is 6.20 Å². The van der Waals surface area contributed by atoms with E-state index in [0.717, 1.165) is 25.1 Å². The fourth-order valence-electron chi connectivity index (χ4n) is 2.27. The van der Waals surface area contributed by atoms with Crippen molar-refractivity contribution in [3.63, 3.8) is 0 Å². The van der Waals surface area contributed by atoms with Crippen LogP contribution in [0.15, 0.2) is 12.3 Å². The summed E-state index contributed by atoms with van der Waals surface area (Å²) in [6, 6.07) is 3.98. The van der Waals surface area contributed by atoms with Crippen LogP contribution in [0.4, 0.5) is 0 Å². The third-order valence-electron chi connectivity index (χ3n) is 3.40. The Bertz CT molecular complexity index is 433. The van der Waals surface area contributed by atoms with Crippen LogP contribution in [0.1, 0.15) is 30.4 Å². The Hall–Kier alpha value is -1.60. The van der Waals surface area contributed by atoms with Gasteiger partial charge in [0.25, 0.3) is 0 Å². The number of aromatic nitrogens is 1. The molecule has 0 radical (unpaired) electrons. The van der Waals surface area contributed by atoms with E-state index in [1.165, 1.54) is 12.8 Å². The summed E-state index contributed by atoms with van der Waals surface area (Å²) in [7, 11) is 0. The molecular formula is C14H19N3O. The van der Waals surface area contributed by atoms with Crippen LogP contribution >= 0.6 is 0 Å². The third-order valence-corrected chi connectivity index (χ3v) is 3.40. The van der Waals surface area contributed by atoms with Crippen molar-refractivity contribution < 1.29 is 4.74 Å². The summed E-state index contributed by atoms with van der Waals surface area (Å²) in [5, 5.41) is 12.5. The lowest BCUT2D eigenvalue weighted by atomic mass is 9.97. The highest BCUT2D eigenvalue weighted by Crippen LogP contribution is 2.19. The zero-order valence-corrected chi connectivity index (χ0v) is 10.8. The van der Waals surface area contributed by atoms with E-state index >= 15 is 0 Å². The summed E-state index contributed by atoms with van der Waals surface area (Å²) in [5.74, 6) is 1.16. The number of hydrogen-bond acceptors (Lipinski definition) is 4. The third kappa shape index (κ3) is 3.21. The second kappa shape index (κ2) is 6.36. The highest BCUT2D eigenvalue weighted by molar-refractivity contribution is 5.43. The first-order valence-electron chi connectivity index (χ1n) is 6.50. The molecule has 0 saturated carbocycles. The minimum Gasteiger partial charge on any atom is -0.477 e. The van der Waals surface area contributed by atoms with Crippen molar-refractivity contribution in [2.24, 2.45) is 5.92 Å². The summed E-state index contributed by atoms with van der Waals surface area (Å²) >= 11 is 0. The average molecular weight is 245 g/mol. The van der Waals surface area contributed by atoms with Crippen molar-refractivity contribution in [1.82, 2.24) is 10.3 Å². The van der Waals surface area contributed by atoms with E-state index in [1.807, 2.05) is 13.0 Å². The quantitative estimate of drug-likeness (QED) is 0.881. The molecule has 2 rings (SSSR count). The van der Waals surface area contributed by atoms with Gasteiger partial charge in [0.2, 0.25) is 5.88 Å². The molecule has 18 heavy (non-hydrogen) atoms. The fraction of sp³-hybridized carbons (Fsp3) is 0.571. The second-order valence-corrected chi connectivity index (χ2v) is 4.77. The average Bonchev–Trinajstić information content (AvgIpc) is 2.40. The Morgan fingerprint density at radius 1 is 1.61 bits per heavy atom. The Balaban J connectivity index is 1.86. The van der Waals surface area contributed by atoms with Gasteiger partial charge < -0.3 is 10.1 Å². The highest BCUT2D eigenvalue weighted by Gasteiger charge is 2.14. The van der Waals surface area contributed by atoms with Crippen LogP contribution in [0, 0.1) is 24.2 Å². The normalized spacial score (nSPS) is 19.2. The Morgan fingerprint density at radius 3 is 3.22 bits per heavy atom. The van der Waals surface area contributed by atoms with Crippen molar-refractivity contribution in [2.75, 3.05) is 19.7 Å². The summed E-state index contributed by atoms with van der Waals surface area (Å²) in [6.07, 6.45) is 5.22. The van der Waals surface area contributed by atoms with Gasteiger partial charge in [-0.2, -0.15) is 5.26 Å². The molecule has 0 amide bonds. The van der Waals surface area contributed by atoms with Gasteiger partial charge in [-0.15, -0.1) is 0 Å². The van der Waals surface area contributed by atoms with Gasteiger partial charge >= 0.3 is 0 Å². The van der Waals surface area contributed by atoms with Gasteiger partial charge in [0, 0.05) is 6.20 Å². The van der Waals surface area contributed by atoms with Crippen molar-refractivity contribution in [3.05, 3.63) is 23.4 Å². The molecule has 1 atom stereocenters. The number of hydrogen-bond donors (Lipinski definition) is 1. The van der Waals surface area contributed by atoms with Crippen molar-refractivity contribution in [3.8, 4) is 11.9 Å². The number of aryl methyl sites for hydroxylation is 1. The lowest BCUT2D eigenvalue weighted by Gasteiger charge is -2.22. The molecule has 0 bridgehead atoms. The molecule has 1 saturated heterocycles. The maximum absolute atomic E-state index is 9.07. The molecule has 0 spiro atoms. The van der Waals surface area contributed by atoms with Crippen LogP contribution in [-0.2, 0) is 0 Å². The molecule has 4 heteroatoms. The minimum absolute atomic E-state index is 0.473. The molecule has 2 heterocycles. The molecular weight excluding hydrogens is 226 g/mol.